The van der Waals surface area contributed by atoms with Crippen LogP contribution in [0.2, 0.25) is 20.1 Å². The van der Waals surface area contributed by atoms with E-state index in [0.717, 1.165) is 63.9 Å². The fourth-order valence-corrected chi connectivity index (χ4v) is 12.1. The fraction of sp³-hybridized carbons (Fsp3) is 0.435. The van der Waals surface area contributed by atoms with Gasteiger partial charge >= 0.3 is 43.2 Å². The Morgan fingerprint density at radius 3 is 1.26 bits per heavy atom. The lowest BCUT2D eigenvalue weighted by Crippen LogP contribution is -2.40. The molecule has 4 fully saturated rings. The molecule has 10 rings (SSSR count). The Bertz CT molecular complexity index is 4260. The van der Waals surface area contributed by atoms with Gasteiger partial charge in [0, 0.05) is 24.0 Å². The highest BCUT2D eigenvalue weighted by molar-refractivity contribution is 7.92. The lowest BCUT2D eigenvalue weighted by Gasteiger charge is -2.27. The van der Waals surface area contributed by atoms with E-state index in [9.17, 15) is 58.4 Å². The molecule has 26 nitrogen and oxygen atoms in total. The summed E-state index contributed by atoms with van der Waals surface area (Å²) in [4.78, 5) is 71.2. The minimum atomic E-state index is -4.23. The molecule has 2 heterocycles. The number of hydrogen-bond donors (Lipinski definition) is 1. The van der Waals surface area contributed by atoms with Crippen LogP contribution in [0.4, 0.5) is 33.7 Å². The van der Waals surface area contributed by atoms with Crippen LogP contribution in [0.15, 0.2) is 97.6 Å². The molecular formula is C69H76Cl4F4N4O22S2. The maximum atomic E-state index is 13.3. The standard InChI is InChI=1S/C37H40Cl2F2N2O11S.C32H32Cl2F2N2O9S.2H2O/c1-37(2,3)54-36(46)43(55(4,47)48)28-11-9-24(14-31(28)49-18-21-5-6-21)34(45)51-20-33(44)52-30(15-25-26(38)16-42-17-27(25)39)23-10-12-29(53-35(40)41)32(13-23)50-19-22-7-8-22;1-48(41,42)38-25-8-6-21(11-28(25)43-15-18-2-3-18)31(40)45-17-30(39)46-27(12-22-23(33)13-37-14-24(22)34)20-7-9-26(47-32(35)36)29(10-20)44-16-19-4-5-19;;/h9-14,16-17,21-22,30,35H,5-8,15,18-20H2,1-4H3;6-11,13-14,18-19,27,32,38H,2-5,12,15-17H2,1H3;2*1H2/t30-;27-;;/m00../s1. The number of benzene rings is 4. The van der Waals surface area contributed by atoms with Crippen LogP contribution >= 0.6 is 46.4 Å². The molecule has 2 aromatic heterocycles. The highest BCUT2D eigenvalue weighted by Gasteiger charge is 2.36. The minimum Gasteiger partial charge on any atom is -0.870 e. The van der Waals surface area contributed by atoms with Crippen LogP contribution in [0.25, 0.3) is 0 Å². The largest absolute Gasteiger partial charge is 0.870 e. The number of pyridine rings is 2. The van der Waals surface area contributed by atoms with Crippen molar-refractivity contribution >= 4 is 108 Å². The Balaban J connectivity index is 0.000000290. The van der Waals surface area contributed by atoms with Gasteiger partial charge in [0.05, 0.1) is 55.8 Å². The van der Waals surface area contributed by atoms with E-state index in [1.165, 1.54) is 97.6 Å². The number of carbonyl (C=O) groups is 5. The van der Waals surface area contributed by atoms with Crippen LogP contribution in [0.1, 0.15) is 127 Å². The van der Waals surface area contributed by atoms with E-state index < -0.39 is 94.3 Å². The van der Waals surface area contributed by atoms with Crippen molar-refractivity contribution in [2.75, 3.05) is 61.2 Å². The van der Waals surface area contributed by atoms with E-state index >= 15 is 0 Å². The Morgan fingerprint density at radius 2 is 0.895 bits per heavy atom. The van der Waals surface area contributed by atoms with Gasteiger partial charge in [-0.05, 0) is 168 Å². The molecule has 0 bridgehead atoms. The number of halogens is 8. The quantitative estimate of drug-likeness (QED) is 0.0223. The number of nitrogens with zero attached hydrogens (tertiary/aromatic N) is 1. The lowest BCUT2D eigenvalue weighted by molar-refractivity contribution is -0.378. The monoisotopic (exact) mass is 1590 g/mol. The number of esters is 4. The average Bonchev–Trinajstić information content (AvgIpc) is 1.69. The number of hydrogen-bond acceptors (Lipinski definition) is 22. The average molecular weight is 1600 g/mol. The van der Waals surface area contributed by atoms with E-state index in [1.807, 2.05) is 0 Å². The maximum absolute atomic E-state index is 13.3. The summed E-state index contributed by atoms with van der Waals surface area (Å²) in [5.41, 5.74) is 0.339. The number of nitrogens with one attached hydrogen (secondary N) is 3. The van der Waals surface area contributed by atoms with Crippen LogP contribution in [0.3, 0.4) is 0 Å². The molecule has 572 valence electrons. The molecule has 6 aromatic rings. The molecule has 5 N–H and O–H groups in total. The summed E-state index contributed by atoms with van der Waals surface area (Å²) in [6, 6.07) is 15.9. The molecule has 4 aliphatic carbocycles. The van der Waals surface area contributed by atoms with Crippen molar-refractivity contribution in [1.82, 2.24) is 0 Å². The predicted octanol–water partition coefficient (Wildman–Crippen LogP) is 13.1. The van der Waals surface area contributed by atoms with E-state index in [4.69, 9.17) is 89.0 Å². The van der Waals surface area contributed by atoms with Crippen molar-refractivity contribution in [2.24, 2.45) is 23.7 Å². The summed E-state index contributed by atoms with van der Waals surface area (Å²) in [6.45, 7) is -2.01. The summed E-state index contributed by atoms with van der Waals surface area (Å²) in [5.74, 6) is -2.95. The number of amides is 1. The predicted molar refractivity (Wildman–Crippen MR) is 369 cm³/mol. The van der Waals surface area contributed by atoms with Gasteiger partial charge in [-0.15, -0.1) is 0 Å². The highest BCUT2D eigenvalue weighted by atomic mass is 35.5. The van der Waals surface area contributed by atoms with Gasteiger partial charge in [-0.2, -0.15) is 21.9 Å². The van der Waals surface area contributed by atoms with Gasteiger partial charge in [0.2, 0.25) is 20.0 Å². The molecule has 36 heteroatoms. The van der Waals surface area contributed by atoms with Gasteiger partial charge in [0.1, 0.15) is 55.1 Å². The summed E-state index contributed by atoms with van der Waals surface area (Å²) in [7, 11) is -7.86. The van der Waals surface area contributed by atoms with Gasteiger partial charge in [0.25, 0.3) is 0 Å². The lowest BCUT2D eigenvalue weighted by atomic mass is 10.0. The number of anilines is 2. The second-order valence-electron chi connectivity index (χ2n) is 25.7. The molecule has 0 aliphatic heterocycles. The van der Waals surface area contributed by atoms with Crippen molar-refractivity contribution in [3.8, 4) is 34.5 Å². The topological polar surface area (TPSA) is 359 Å². The van der Waals surface area contributed by atoms with Crippen LogP contribution < -0.4 is 47.4 Å². The fourth-order valence-electron chi connectivity index (χ4n) is 9.69. The normalized spacial score (nSPS) is 14.7. The molecular weight excluding hydrogens is 1520 g/mol. The highest BCUT2D eigenvalue weighted by Crippen LogP contribution is 2.42. The number of alkyl halides is 4. The second kappa shape index (κ2) is 37.2. The zero-order valence-electron chi connectivity index (χ0n) is 57.0. The smallest absolute Gasteiger partial charge is 0.429 e. The van der Waals surface area contributed by atoms with Crippen LogP contribution in [-0.4, -0.2) is 129 Å². The second-order valence-corrected chi connectivity index (χ2v) is 30.9. The summed E-state index contributed by atoms with van der Waals surface area (Å²) in [5, 5.41) is 0.969. The number of H-pyrrole nitrogens is 2. The molecule has 0 saturated heterocycles. The number of carbonyl (C=O) groups excluding carboxylic acids is 5. The van der Waals surface area contributed by atoms with Gasteiger partial charge in [0.15, 0.2) is 61.0 Å². The number of sulfonamides is 2. The van der Waals surface area contributed by atoms with Gasteiger partial charge in [-0.25, -0.2) is 50.8 Å². The third-order valence-corrected chi connectivity index (χ3v) is 18.5. The van der Waals surface area contributed by atoms with Gasteiger partial charge < -0.3 is 63.1 Å². The number of aromatic amines is 2. The molecule has 0 unspecified atom stereocenters. The molecule has 4 saturated carbocycles. The summed E-state index contributed by atoms with van der Waals surface area (Å²) >= 11 is 25.6. The Hall–Kier alpha value is -8.37. The van der Waals surface area contributed by atoms with E-state index in [1.54, 1.807) is 20.8 Å². The van der Waals surface area contributed by atoms with E-state index in [2.05, 4.69) is 24.2 Å². The number of aromatic nitrogens is 2. The van der Waals surface area contributed by atoms with Crippen molar-refractivity contribution in [3.05, 3.63) is 151 Å². The number of ether oxygens (including phenoxy) is 11. The molecule has 1 amide bonds. The minimum absolute atomic E-state index is 0. The van der Waals surface area contributed by atoms with Crippen molar-refractivity contribution < 1.29 is 131 Å². The molecule has 2 atom stereocenters. The van der Waals surface area contributed by atoms with Crippen molar-refractivity contribution in [1.29, 1.82) is 0 Å². The van der Waals surface area contributed by atoms with Crippen molar-refractivity contribution in [2.45, 2.75) is 116 Å². The first-order valence-electron chi connectivity index (χ1n) is 32.3. The third kappa shape index (κ3) is 26.6. The summed E-state index contributed by atoms with van der Waals surface area (Å²) < 4.78 is 165. The summed E-state index contributed by atoms with van der Waals surface area (Å²) in [6.07, 6.45) is 11.9. The number of rotatable bonds is 34. The third-order valence-electron chi connectivity index (χ3n) is 15.6. The van der Waals surface area contributed by atoms with Gasteiger partial charge in [-0.3, -0.25) is 4.72 Å². The molecule has 105 heavy (non-hydrogen) atoms. The molecule has 4 aliphatic rings. The zero-order valence-corrected chi connectivity index (χ0v) is 61.7. The SMILES string of the molecule is CC(C)(C)OC(=O)N(c1ccc(C(=O)OCC(=O)O[C@@H](Cc2c(Cl)c[nH+]cc2Cl)c2ccc(OC(F)F)c(OCC3CC3)c2)cc1OCC1CC1)S(C)(=O)=O.CS(=O)(=O)Nc1ccc(C(=O)OCC(=O)O[C@@H](Cc2c(Cl)c[nH+]cc2Cl)c2ccc(OC(F)F)c(OCC3CC3)c2)cc1OCC1CC1.[OH-].[OH-]. The Morgan fingerprint density at radius 1 is 0.524 bits per heavy atom. The Labute approximate surface area is 622 Å². The van der Waals surface area contributed by atoms with Gasteiger partial charge in [-0.1, -0.05) is 58.5 Å². The first kappa shape index (κ1) is 83.9. The van der Waals surface area contributed by atoms with Crippen LogP contribution in [-0.2, 0) is 66.2 Å². The zero-order chi connectivity index (χ0) is 74.5. The molecule has 0 spiro atoms. The molecule has 4 aromatic carbocycles. The first-order chi connectivity index (χ1) is 48.7. The van der Waals surface area contributed by atoms with Crippen LogP contribution in [0.5, 0.6) is 34.5 Å². The van der Waals surface area contributed by atoms with Crippen LogP contribution in [0, 0.1) is 23.7 Å². The maximum Gasteiger partial charge on any atom is 0.429 e. The molecule has 0 radical (unpaired) electrons. The van der Waals surface area contributed by atoms with E-state index in [-0.39, 0.29) is 126 Å². The van der Waals surface area contributed by atoms with Crippen molar-refractivity contribution in [3.63, 3.8) is 0 Å². The Kier molecular flexibility index (Phi) is 29.8. The first-order valence-corrected chi connectivity index (χ1v) is 37.6. The van der Waals surface area contributed by atoms with E-state index in [0.29, 0.717) is 51.6 Å².